The molecule has 92 valence electrons. The van der Waals surface area contributed by atoms with E-state index < -0.39 is 6.10 Å². The van der Waals surface area contributed by atoms with Crippen LogP contribution in [0.15, 0.2) is 6.07 Å². The molecule has 1 unspecified atom stereocenters. The zero-order chi connectivity index (χ0) is 12.4. The first-order chi connectivity index (χ1) is 8.11. The average Bonchev–Trinajstić information content (AvgIpc) is 2.84. The number of hydrogen-bond donors (Lipinski definition) is 1. The van der Waals surface area contributed by atoms with Gasteiger partial charge in [0.15, 0.2) is 0 Å². The molecule has 2 rings (SSSR count). The molecule has 0 aromatic carbocycles. The van der Waals surface area contributed by atoms with Gasteiger partial charge in [0.1, 0.15) is 0 Å². The van der Waals surface area contributed by atoms with E-state index in [1.807, 2.05) is 31.5 Å². The number of rotatable bonds is 4. The molecule has 0 radical (unpaired) electrons. The van der Waals surface area contributed by atoms with E-state index in [0.717, 1.165) is 28.5 Å². The maximum Gasteiger partial charge on any atom is 0.0972 e. The Labute approximate surface area is 104 Å². The Balaban J connectivity index is 2.18. The standard InChI is InChI=1S/C11H16N4OS/c1-4-15-9(5-7(2)13-15)6-10(16)11-8(3)12-14-17-11/h5,10,16H,4,6H2,1-3H3. The fourth-order valence-electron chi connectivity index (χ4n) is 1.87. The van der Waals surface area contributed by atoms with Crippen molar-refractivity contribution in [2.24, 2.45) is 0 Å². The van der Waals surface area contributed by atoms with Crippen LogP contribution in [0.5, 0.6) is 0 Å². The maximum absolute atomic E-state index is 10.2. The Kier molecular flexibility index (Phi) is 3.54. The van der Waals surface area contributed by atoms with Crippen LogP contribution in [0.25, 0.3) is 0 Å². The molecule has 0 aliphatic heterocycles. The highest BCUT2D eigenvalue weighted by Crippen LogP contribution is 2.23. The summed E-state index contributed by atoms with van der Waals surface area (Å²) in [4.78, 5) is 0.839. The SMILES string of the molecule is CCn1nc(C)cc1CC(O)c1snnc1C. The zero-order valence-electron chi connectivity index (χ0n) is 10.2. The van der Waals surface area contributed by atoms with Crippen LogP contribution in [0.2, 0.25) is 0 Å². The van der Waals surface area contributed by atoms with Crippen LogP contribution in [0.1, 0.15) is 35.0 Å². The van der Waals surface area contributed by atoms with Crippen molar-refractivity contribution in [3.63, 3.8) is 0 Å². The summed E-state index contributed by atoms with van der Waals surface area (Å²) in [6, 6.07) is 2.01. The Morgan fingerprint density at radius 2 is 2.24 bits per heavy atom. The van der Waals surface area contributed by atoms with Crippen LogP contribution < -0.4 is 0 Å². The Morgan fingerprint density at radius 3 is 2.82 bits per heavy atom. The van der Waals surface area contributed by atoms with E-state index >= 15 is 0 Å². The van der Waals surface area contributed by atoms with E-state index in [1.165, 1.54) is 11.5 Å². The topological polar surface area (TPSA) is 63.8 Å². The Hall–Kier alpha value is -1.27. The second-order valence-corrected chi connectivity index (χ2v) is 4.82. The van der Waals surface area contributed by atoms with Crippen molar-refractivity contribution in [2.45, 2.75) is 39.8 Å². The molecule has 1 N–H and O–H groups in total. The number of nitrogens with zero attached hydrogens (tertiary/aromatic N) is 4. The molecule has 5 nitrogen and oxygen atoms in total. The number of aliphatic hydroxyl groups is 1. The lowest BCUT2D eigenvalue weighted by atomic mass is 10.1. The van der Waals surface area contributed by atoms with Crippen molar-refractivity contribution in [3.05, 3.63) is 28.0 Å². The highest BCUT2D eigenvalue weighted by atomic mass is 32.1. The van der Waals surface area contributed by atoms with Gasteiger partial charge in [-0.3, -0.25) is 4.68 Å². The van der Waals surface area contributed by atoms with Crippen LogP contribution in [-0.2, 0) is 13.0 Å². The van der Waals surface area contributed by atoms with Crippen LogP contribution >= 0.6 is 11.5 Å². The van der Waals surface area contributed by atoms with E-state index in [1.54, 1.807) is 0 Å². The van der Waals surface area contributed by atoms with Gasteiger partial charge in [-0.05, 0) is 38.4 Å². The monoisotopic (exact) mass is 252 g/mol. The smallest absolute Gasteiger partial charge is 0.0972 e. The first kappa shape index (κ1) is 12.2. The highest BCUT2D eigenvalue weighted by Gasteiger charge is 2.17. The van der Waals surface area contributed by atoms with Crippen molar-refractivity contribution < 1.29 is 5.11 Å². The number of aliphatic hydroxyl groups excluding tert-OH is 1. The van der Waals surface area contributed by atoms with E-state index in [9.17, 15) is 5.11 Å². The van der Waals surface area contributed by atoms with Gasteiger partial charge in [0.2, 0.25) is 0 Å². The summed E-state index contributed by atoms with van der Waals surface area (Å²) in [5.41, 5.74) is 2.83. The first-order valence-electron chi connectivity index (χ1n) is 5.62. The van der Waals surface area contributed by atoms with Gasteiger partial charge in [-0.25, -0.2) is 0 Å². The summed E-state index contributed by atoms with van der Waals surface area (Å²) >= 11 is 1.26. The molecule has 0 aliphatic carbocycles. The summed E-state index contributed by atoms with van der Waals surface area (Å²) in [5, 5.41) is 18.4. The summed E-state index contributed by atoms with van der Waals surface area (Å²) in [6.45, 7) is 6.68. The van der Waals surface area contributed by atoms with Crippen LogP contribution in [0.4, 0.5) is 0 Å². The van der Waals surface area contributed by atoms with Crippen molar-refractivity contribution in [1.29, 1.82) is 0 Å². The molecule has 2 aromatic heterocycles. The zero-order valence-corrected chi connectivity index (χ0v) is 11.0. The molecule has 0 saturated carbocycles. The van der Waals surface area contributed by atoms with Crippen LogP contribution in [-0.4, -0.2) is 24.5 Å². The molecule has 1 atom stereocenters. The third kappa shape index (κ3) is 2.53. The van der Waals surface area contributed by atoms with Gasteiger partial charge in [-0.15, -0.1) is 5.10 Å². The molecule has 0 aliphatic rings. The van der Waals surface area contributed by atoms with Gasteiger partial charge >= 0.3 is 0 Å². The molecule has 0 bridgehead atoms. The molecule has 17 heavy (non-hydrogen) atoms. The predicted molar refractivity (Wildman–Crippen MR) is 65.9 cm³/mol. The van der Waals surface area contributed by atoms with E-state index in [0.29, 0.717) is 6.42 Å². The third-order valence-corrected chi connectivity index (χ3v) is 3.60. The highest BCUT2D eigenvalue weighted by molar-refractivity contribution is 7.05. The van der Waals surface area contributed by atoms with Gasteiger partial charge in [0, 0.05) is 18.7 Å². The average molecular weight is 252 g/mol. The number of aryl methyl sites for hydroxylation is 3. The van der Waals surface area contributed by atoms with Gasteiger partial charge < -0.3 is 5.11 Å². The summed E-state index contributed by atoms with van der Waals surface area (Å²) in [5.74, 6) is 0. The number of aromatic nitrogens is 4. The fourth-order valence-corrected chi connectivity index (χ4v) is 2.50. The minimum Gasteiger partial charge on any atom is -0.387 e. The van der Waals surface area contributed by atoms with Crippen molar-refractivity contribution >= 4 is 11.5 Å². The van der Waals surface area contributed by atoms with Crippen LogP contribution in [0, 0.1) is 13.8 Å². The van der Waals surface area contributed by atoms with E-state index in [-0.39, 0.29) is 0 Å². The normalized spacial score (nSPS) is 12.9. The Bertz CT molecular complexity index is 505. The van der Waals surface area contributed by atoms with Gasteiger partial charge in [0.25, 0.3) is 0 Å². The van der Waals surface area contributed by atoms with Crippen molar-refractivity contribution in [1.82, 2.24) is 19.4 Å². The molecule has 0 saturated heterocycles. The summed E-state index contributed by atoms with van der Waals surface area (Å²) in [6.07, 6.45) is 0.00995. The largest absolute Gasteiger partial charge is 0.387 e. The maximum atomic E-state index is 10.2. The van der Waals surface area contributed by atoms with E-state index in [2.05, 4.69) is 14.7 Å². The van der Waals surface area contributed by atoms with Crippen molar-refractivity contribution in [2.75, 3.05) is 0 Å². The van der Waals surface area contributed by atoms with Gasteiger partial charge in [-0.2, -0.15) is 5.10 Å². The Morgan fingerprint density at radius 1 is 1.47 bits per heavy atom. The lowest BCUT2D eigenvalue weighted by Crippen LogP contribution is -2.08. The molecule has 0 fully saturated rings. The predicted octanol–water partition coefficient (Wildman–Crippen LogP) is 1.65. The minimum atomic E-state index is -0.545. The van der Waals surface area contributed by atoms with Gasteiger partial charge in [-0.1, -0.05) is 4.49 Å². The summed E-state index contributed by atoms with van der Waals surface area (Å²) in [7, 11) is 0. The van der Waals surface area contributed by atoms with E-state index in [4.69, 9.17) is 0 Å². The van der Waals surface area contributed by atoms with Gasteiger partial charge in [0.05, 0.1) is 22.4 Å². The first-order valence-corrected chi connectivity index (χ1v) is 6.39. The lowest BCUT2D eigenvalue weighted by Gasteiger charge is -2.09. The quantitative estimate of drug-likeness (QED) is 0.898. The molecule has 2 heterocycles. The summed E-state index contributed by atoms with van der Waals surface area (Å²) < 4.78 is 5.76. The third-order valence-electron chi connectivity index (χ3n) is 2.68. The molecule has 6 heteroatoms. The second-order valence-electron chi connectivity index (χ2n) is 4.04. The molecular weight excluding hydrogens is 236 g/mol. The minimum absolute atomic E-state index is 0.545. The molecule has 0 amide bonds. The number of hydrogen-bond acceptors (Lipinski definition) is 5. The van der Waals surface area contributed by atoms with Crippen molar-refractivity contribution in [3.8, 4) is 0 Å². The lowest BCUT2D eigenvalue weighted by molar-refractivity contribution is 0.178. The van der Waals surface area contributed by atoms with Crippen LogP contribution in [0.3, 0.4) is 0 Å². The fraction of sp³-hybridized carbons (Fsp3) is 0.545. The second kappa shape index (κ2) is 4.93. The molecule has 2 aromatic rings. The molecular formula is C11H16N4OS. The molecule has 0 spiro atoms.